The Morgan fingerprint density at radius 2 is 1.67 bits per heavy atom. The maximum absolute atomic E-state index is 12.2. The number of benzene rings is 2. The lowest BCUT2D eigenvalue weighted by atomic mass is 10.0. The summed E-state index contributed by atoms with van der Waals surface area (Å²) in [6.45, 7) is 2.35. The number of hydrogen-bond acceptors (Lipinski definition) is 3. The van der Waals surface area contributed by atoms with Gasteiger partial charge in [-0.3, -0.25) is 0 Å². The Hall–Kier alpha value is -1.85. The van der Waals surface area contributed by atoms with Crippen LogP contribution in [0.2, 0.25) is 0 Å². The van der Waals surface area contributed by atoms with Crippen molar-refractivity contribution >= 4 is 10.0 Å². The second-order valence-corrected chi connectivity index (χ2v) is 6.61. The quantitative estimate of drug-likeness (QED) is 0.893. The van der Waals surface area contributed by atoms with E-state index in [-0.39, 0.29) is 10.8 Å². The first-order valence-electron chi connectivity index (χ1n) is 6.71. The van der Waals surface area contributed by atoms with Gasteiger partial charge in [-0.1, -0.05) is 37.3 Å². The zero-order chi connectivity index (χ0) is 15.3. The van der Waals surface area contributed by atoms with Gasteiger partial charge in [-0.2, -0.15) is 0 Å². The summed E-state index contributed by atoms with van der Waals surface area (Å²) in [5.41, 5.74) is 1.11. The van der Waals surface area contributed by atoms with Crippen molar-refractivity contribution in [1.82, 2.24) is 4.72 Å². The summed E-state index contributed by atoms with van der Waals surface area (Å²) in [6.07, 6.45) is 0. The summed E-state index contributed by atoms with van der Waals surface area (Å²) >= 11 is 0. The summed E-state index contributed by atoms with van der Waals surface area (Å²) in [6, 6.07) is 16.2. The fourth-order valence-electron chi connectivity index (χ4n) is 1.97. The number of sulfonamides is 1. The predicted octanol–water partition coefficient (Wildman–Crippen LogP) is 2.78. The molecule has 0 heterocycles. The molecule has 0 spiro atoms. The van der Waals surface area contributed by atoms with Crippen molar-refractivity contribution in [2.24, 2.45) is 0 Å². The van der Waals surface area contributed by atoms with E-state index in [2.05, 4.69) is 4.72 Å². The molecule has 2 aromatic carbocycles. The third kappa shape index (κ3) is 4.06. The first-order chi connectivity index (χ1) is 10.0. The van der Waals surface area contributed by atoms with Crippen LogP contribution in [0.15, 0.2) is 59.5 Å². The molecule has 5 heteroatoms. The molecule has 21 heavy (non-hydrogen) atoms. The fraction of sp³-hybridized carbons (Fsp3) is 0.250. The van der Waals surface area contributed by atoms with Crippen molar-refractivity contribution in [2.75, 3.05) is 13.7 Å². The summed E-state index contributed by atoms with van der Waals surface area (Å²) < 4.78 is 32.1. The van der Waals surface area contributed by atoms with E-state index in [0.717, 1.165) is 5.56 Å². The highest BCUT2D eigenvalue weighted by Gasteiger charge is 2.15. The molecule has 1 atom stereocenters. The Kier molecular flexibility index (Phi) is 4.98. The zero-order valence-electron chi connectivity index (χ0n) is 12.1. The number of rotatable bonds is 6. The van der Waals surface area contributed by atoms with Crippen LogP contribution in [0.4, 0.5) is 0 Å². The van der Waals surface area contributed by atoms with Crippen LogP contribution in [0.5, 0.6) is 5.75 Å². The van der Waals surface area contributed by atoms with E-state index in [1.807, 2.05) is 37.3 Å². The van der Waals surface area contributed by atoms with Gasteiger partial charge in [-0.25, -0.2) is 13.1 Å². The molecule has 4 nitrogen and oxygen atoms in total. The van der Waals surface area contributed by atoms with Crippen LogP contribution in [0.3, 0.4) is 0 Å². The van der Waals surface area contributed by atoms with Gasteiger partial charge < -0.3 is 4.74 Å². The monoisotopic (exact) mass is 305 g/mol. The summed E-state index contributed by atoms with van der Waals surface area (Å²) in [4.78, 5) is 0.239. The minimum Gasteiger partial charge on any atom is -0.497 e. The molecular weight excluding hydrogens is 286 g/mol. The third-order valence-electron chi connectivity index (χ3n) is 3.32. The largest absolute Gasteiger partial charge is 0.497 e. The topological polar surface area (TPSA) is 55.4 Å². The molecule has 0 aliphatic rings. The maximum Gasteiger partial charge on any atom is 0.240 e. The van der Waals surface area contributed by atoms with Gasteiger partial charge in [-0.15, -0.1) is 0 Å². The lowest BCUT2D eigenvalue weighted by Gasteiger charge is -2.13. The van der Waals surface area contributed by atoms with Gasteiger partial charge in [0.2, 0.25) is 10.0 Å². The van der Waals surface area contributed by atoms with E-state index in [9.17, 15) is 8.42 Å². The fourth-order valence-corrected chi connectivity index (χ4v) is 3.10. The van der Waals surface area contributed by atoms with E-state index in [0.29, 0.717) is 12.3 Å². The predicted molar refractivity (Wildman–Crippen MR) is 83.0 cm³/mol. The molecule has 0 saturated carbocycles. The minimum atomic E-state index is -3.49. The summed E-state index contributed by atoms with van der Waals surface area (Å²) in [7, 11) is -1.95. The number of methoxy groups -OCH3 is 1. The molecule has 0 aliphatic carbocycles. The first-order valence-corrected chi connectivity index (χ1v) is 8.20. The molecule has 0 fully saturated rings. The van der Waals surface area contributed by atoms with E-state index < -0.39 is 10.0 Å². The lowest BCUT2D eigenvalue weighted by molar-refractivity contribution is 0.414. The van der Waals surface area contributed by atoms with Gasteiger partial charge in [0.25, 0.3) is 0 Å². The van der Waals surface area contributed by atoms with Crippen LogP contribution < -0.4 is 9.46 Å². The third-order valence-corrected chi connectivity index (χ3v) is 4.76. The Morgan fingerprint density at radius 3 is 2.24 bits per heavy atom. The SMILES string of the molecule is COc1ccc(S(=O)(=O)NCC(C)c2ccccc2)cc1. The van der Waals surface area contributed by atoms with Crippen LogP contribution in [-0.2, 0) is 10.0 Å². The van der Waals surface area contributed by atoms with Crippen molar-refractivity contribution in [3.8, 4) is 5.75 Å². The molecule has 112 valence electrons. The summed E-state index contributed by atoms with van der Waals surface area (Å²) in [5, 5.41) is 0. The Morgan fingerprint density at radius 1 is 1.05 bits per heavy atom. The summed E-state index contributed by atoms with van der Waals surface area (Å²) in [5.74, 6) is 0.742. The second kappa shape index (κ2) is 6.74. The maximum atomic E-state index is 12.2. The molecule has 0 aliphatic heterocycles. The number of hydrogen-bond donors (Lipinski definition) is 1. The van der Waals surface area contributed by atoms with Gasteiger partial charge >= 0.3 is 0 Å². The van der Waals surface area contributed by atoms with Crippen LogP contribution >= 0.6 is 0 Å². The molecule has 2 aromatic rings. The van der Waals surface area contributed by atoms with E-state index >= 15 is 0 Å². The van der Waals surface area contributed by atoms with Crippen molar-refractivity contribution < 1.29 is 13.2 Å². The van der Waals surface area contributed by atoms with Gasteiger partial charge in [0, 0.05) is 6.54 Å². The average Bonchev–Trinajstić information content (AvgIpc) is 2.53. The highest BCUT2D eigenvalue weighted by molar-refractivity contribution is 7.89. The average molecular weight is 305 g/mol. The molecule has 0 radical (unpaired) electrons. The molecule has 1 unspecified atom stereocenters. The molecule has 0 amide bonds. The van der Waals surface area contributed by atoms with E-state index in [1.54, 1.807) is 19.2 Å². The Bertz CT molecular complexity index is 666. The molecule has 1 N–H and O–H groups in total. The van der Waals surface area contributed by atoms with Gasteiger partial charge in [0.1, 0.15) is 5.75 Å². The van der Waals surface area contributed by atoms with Crippen LogP contribution in [0.25, 0.3) is 0 Å². The standard InChI is InChI=1S/C16H19NO3S/c1-13(14-6-4-3-5-7-14)12-17-21(18,19)16-10-8-15(20-2)9-11-16/h3-11,13,17H,12H2,1-2H3. The van der Waals surface area contributed by atoms with Gasteiger partial charge in [-0.05, 0) is 35.7 Å². The molecule has 2 rings (SSSR count). The van der Waals surface area contributed by atoms with E-state index in [1.165, 1.54) is 12.1 Å². The minimum absolute atomic E-state index is 0.110. The number of ether oxygens (including phenoxy) is 1. The smallest absolute Gasteiger partial charge is 0.240 e. The first kappa shape index (κ1) is 15.5. The normalized spacial score (nSPS) is 12.9. The lowest BCUT2D eigenvalue weighted by Crippen LogP contribution is -2.27. The molecule has 0 saturated heterocycles. The highest BCUT2D eigenvalue weighted by atomic mass is 32.2. The van der Waals surface area contributed by atoms with Crippen molar-refractivity contribution in [2.45, 2.75) is 17.7 Å². The van der Waals surface area contributed by atoms with E-state index in [4.69, 9.17) is 4.74 Å². The van der Waals surface area contributed by atoms with Crippen molar-refractivity contribution in [3.63, 3.8) is 0 Å². The van der Waals surface area contributed by atoms with Crippen molar-refractivity contribution in [3.05, 3.63) is 60.2 Å². The van der Waals surface area contributed by atoms with Crippen molar-refractivity contribution in [1.29, 1.82) is 0 Å². The Labute approximate surface area is 125 Å². The molecule has 0 bridgehead atoms. The van der Waals surface area contributed by atoms with Crippen LogP contribution in [0, 0.1) is 0 Å². The zero-order valence-corrected chi connectivity index (χ0v) is 12.9. The van der Waals surface area contributed by atoms with Gasteiger partial charge in [0.05, 0.1) is 12.0 Å². The van der Waals surface area contributed by atoms with Crippen LogP contribution in [-0.4, -0.2) is 22.1 Å². The second-order valence-electron chi connectivity index (χ2n) is 4.84. The molecular formula is C16H19NO3S. The van der Waals surface area contributed by atoms with Crippen LogP contribution in [0.1, 0.15) is 18.4 Å². The molecule has 0 aromatic heterocycles. The van der Waals surface area contributed by atoms with Gasteiger partial charge in [0.15, 0.2) is 0 Å². The highest BCUT2D eigenvalue weighted by Crippen LogP contribution is 2.17. The number of nitrogens with one attached hydrogen (secondary N) is 1. The Balaban J connectivity index is 2.04.